The minimum absolute atomic E-state index is 0.100. The Morgan fingerprint density at radius 2 is 1.72 bits per heavy atom. The lowest BCUT2D eigenvalue weighted by atomic mass is 10.1. The number of benzene rings is 2. The predicted molar refractivity (Wildman–Crippen MR) is 101 cm³/mol. The van der Waals surface area contributed by atoms with E-state index in [1.165, 1.54) is 31.4 Å². The molecule has 0 saturated carbocycles. The average molecular weight is 401 g/mol. The fourth-order valence-corrected chi connectivity index (χ4v) is 2.35. The summed E-state index contributed by atoms with van der Waals surface area (Å²) in [6.45, 7) is -0.454. The van der Waals surface area contributed by atoms with Crippen LogP contribution in [0.3, 0.4) is 0 Å². The number of rotatable bonds is 8. The summed E-state index contributed by atoms with van der Waals surface area (Å²) in [4.78, 5) is 45.9. The molecule has 0 aromatic heterocycles. The van der Waals surface area contributed by atoms with Gasteiger partial charge in [-0.1, -0.05) is 30.3 Å². The van der Waals surface area contributed by atoms with Gasteiger partial charge in [-0.05, 0) is 17.7 Å². The molecule has 2 N–H and O–H groups in total. The Hall–Kier alpha value is -3.95. The molecule has 2 aromatic rings. The van der Waals surface area contributed by atoms with E-state index in [4.69, 9.17) is 4.74 Å². The van der Waals surface area contributed by atoms with Crippen molar-refractivity contribution in [3.63, 3.8) is 0 Å². The Kier molecular flexibility index (Phi) is 7.66. The van der Waals surface area contributed by atoms with E-state index in [1.807, 2.05) is 6.07 Å². The molecule has 0 heterocycles. The van der Waals surface area contributed by atoms with Crippen molar-refractivity contribution in [1.82, 2.24) is 10.6 Å². The fourth-order valence-electron chi connectivity index (χ4n) is 2.35. The van der Waals surface area contributed by atoms with Crippen LogP contribution in [0, 0.1) is 10.1 Å². The van der Waals surface area contributed by atoms with Crippen molar-refractivity contribution in [2.24, 2.45) is 0 Å². The standard InChI is InChI=1S/C19H19N3O7/c1-28-19(25)21-16(11-13-5-3-2-4-6-13)18(24)20-12-17(23)29-15-9-7-14(8-10-15)22(26)27/h2-10,16H,11-12H2,1H3,(H,20,24)(H,21,25). The summed E-state index contributed by atoms with van der Waals surface area (Å²) in [5.74, 6) is -1.27. The molecule has 10 nitrogen and oxygen atoms in total. The zero-order chi connectivity index (χ0) is 21.2. The van der Waals surface area contributed by atoms with Crippen LogP contribution in [0.4, 0.5) is 10.5 Å². The van der Waals surface area contributed by atoms with Crippen molar-refractivity contribution in [2.75, 3.05) is 13.7 Å². The molecule has 0 bridgehead atoms. The third kappa shape index (κ3) is 6.94. The Balaban J connectivity index is 1.92. The van der Waals surface area contributed by atoms with Gasteiger partial charge in [-0.3, -0.25) is 14.9 Å². The number of non-ortho nitro benzene ring substituents is 1. The van der Waals surface area contributed by atoms with E-state index in [1.54, 1.807) is 24.3 Å². The van der Waals surface area contributed by atoms with Gasteiger partial charge in [0.1, 0.15) is 18.3 Å². The molecule has 0 aliphatic heterocycles. The molecule has 29 heavy (non-hydrogen) atoms. The Morgan fingerprint density at radius 3 is 2.31 bits per heavy atom. The lowest BCUT2D eigenvalue weighted by molar-refractivity contribution is -0.384. The van der Waals surface area contributed by atoms with Crippen LogP contribution in [-0.4, -0.2) is 42.6 Å². The minimum atomic E-state index is -0.961. The summed E-state index contributed by atoms with van der Waals surface area (Å²) in [6, 6.07) is 13.0. The Morgan fingerprint density at radius 1 is 1.07 bits per heavy atom. The maximum absolute atomic E-state index is 12.4. The summed E-state index contributed by atoms with van der Waals surface area (Å²) in [5, 5.41) is 15.4. The van der Waals surface area contributed by atoms with Crippen LogP contribution in [0.1, 0.15) is 5.56 Å². The smallest absolute Gasteiger partial charge is 0.407 e. The summed E-state index contributed by atoms with van der Waals surface area (Å²) in [5.41, 5.74) is 0.660. The number of nitrogens with zero attached hydrogens (tertiary/aromatic N) is 1. The Labute approximate surface area is 166 Å². The van der Waals surface area contributed by atoms with Crippen LogP contribution in [-0.2, 0) is 20.7 Å². The number of esters is 1. The van der Waals surface area contributed by atoms with Crippen LogP contribution < -0.4 is 15.4 Å². The molecule has 152 valence electrons. The molecule has 2 rings (SSSR count). The lowest BCUT2D eigenvalue weighted by Gasteiger charge is -2.17. The van der Waals surface area contributed by atoms with Crippen LogP contribution in [0.2, 0.25) is 0 Å². The average Bonchev–Trinajstić information content (AvgIpc) is 2.72. The zero-order valence-corrected chi connectivity index (χ0v) is 15.5. The van der Waals surface area contributed by atoms with Crippen molar-refractivity contribution in [1.29, 1.82) is 0 Å². The highest BCUT2D eigenvalue weighted by molar-refractivity contribution is 5.88. The SMILES string of the molecule is COC(=O)NC(Cc1ccccc1)C(=O)NCC(=O)Oc1ccc([N+](=O)[O-])cc1. The number of methoxy groups -OCH3 is 1. The van der Waals surface area contributed by atoms with E-state index in [2.05, 4.69) is 15.4 Å². The van der Waals surface area contributed by atoms with Gasteiger partial charge in [0.15, 0.2) is 0 Å². The number of alkyl carbamates (subject to hydrolysis) is 1. The van der Waals surface area contributed by atoms with Gasteiger partial charge in [0.25, 0.3) is 5.69 Å². The maximum atomic E-state index is 12.4. The summed E-state index contributed by atoms with van der Waals surface area (Å²) >= 11 is 0. The van der Waals surface area contributed by atoms with E-state index in [-0.39, 0.29) is 17.9 Å². The fraction of sp³-hybridized carbons (Fsp3) is 0.211. The van der Waals surface area contributed by atoms with Gasteiger partial charge in [0.05, 0.1) is 12.0 Å². The molecular weight excluding hydrogens is 382 g/mol. The van der Waals surface area contributed by atoms with Crippen molar-refractivity contribution >= 4 is 23.7 Å². The van der Waals surface area contributed by atoms with Gasteiger partial charge in [-0.2, -0.15) is 0 Å². The zero-order valence-electron chi connectivity index (χ0n) is 15.5. The molecule has 1 atom stereocenters. The number of carbonyl (C=O) groups is 3. The van der Waals surface area contributed by atoms with Gasteiger partial charge < -0.3 is 20.1 Å². The van der Waals surface area contributed by atoms with Crippen molar-refractivity contribution in [3.8, 4) is 5.75 Å². The van der Waals surface area contributed by atoms with Crippen molar-refractivity contribution < 1.29 is 28.8 Å². The third-order valence-corrected chi connectivity index (χ3v) is 3.76. The molecule has 0 spiro atoms. The van der Waals surface area contributed by atoms with E-state index in [0.29, 0.717) is 0 Å². The quantitative estimate of drug-likeness (QED) is 0.296. The maximum Gasteiger partial charge on any atom is 0.407 e. The van der Waals surface area contributed by atoms with Crippen molar-refractivity contribution in [2.45, 2.75) is 12.5 Å². The first-order valence-electron chi connectivity index (χ1n) is 8.50. The highest BCUT2D eigenvalue weighted by Gasteiger charge is 2.22. The van der Waals surface area contributed by atoms with E-state index in [9.17, 15) is 24.5 Å². The molecular formula is C19H19N3O7. The van der Waals surface area contributed by atoms with Gasteiger partial charge >= 0.3 is 12.1 Å². The monoisotopic (exact) mass is 401 g/mol. The number of nitro benzene ring substituents is 1. The molecule has 10 heteroatoms. The molecule has 1 unspecified atom stereocenters. The molecule has 0 aliphatic carbocycles. The minimum Gasteiger partial charge on any atom is -0.453 e. The molecule has 2 amide bonds. The number of carbonyl (C=O) groups excluding carboxylic acids is 3. The van der Waals surface area contributed by atoms with Gasteiger partial charge in [-0.15, -0.1) is 0 Å². The van der Waals surface area contributed by atoms with Gasteiger partial charge in [-0.25, -0.2) is 9.59 Å². The Bertz CT molecular complexity index is 869. The highest BCUT2D eigenvalue weighted by atomic mass is 16.6. The summed E-state index contributed by atoms with van der Waals surface area (Å²) in [6.07, 6.45) is -0.589. The largest absolute Gasteiger partial charge is 0.453 e. The lowest BCUT2D eigenvalue weighted by Crippen LogP contribution is -2.49. The topological polar surface area (TPSA) is 137 Å². The van der Waals surface area contributed by atoms with Crippen LogP contribution >= 0.6 is 0 Å². The number of ether oxygens (including phenoxy) is 2. The van der Waals surface area contributed by atoms with Crippen LogP contribution in [0.25, 0.3) is 0 Å². The number of nitrogens with one attached hydrogen (secondary N) is 2. The molecule has 0 saturated heterocycles. The molecule has 0 fully saturated rings. The van der Waals surface area contributed by atoms with E-state index < -0.39 is 35.5 Å². The number of nitro groups is 1. The first-order chi connectivity index (χ1) is 13.9. The normalized spacial score (nSPS) is 11.1. The predicted octanol–water partition coefficient (Wildman–Crippen LogP) is 1.58. The second-order valence-electron chi connectivity index (χ2n) is 5.82. The third-order valence-electron chi connectivity index (χ3n) is 3.76. The first kappa shape index (κ1) is 21.4. The second-order valence-corrected chi connectivity index (χ2v) is 5.82. The summed E-state index contributed by atoms with van der Waals surface area (Å²) in [7, 11) is 1.17. The molecule has 0 aliphatic rings. The van der Waals surface area contributed by atoms with Crippen LogP contribution in [0.5, 0.6) is 5.75 Å². The van der Waals surface area contributed by atoms with Gasteiger partial charge in [0, 0.05) is 18.6 Å². The molecule has 0 radical (unpaired) electrons. The first-order valence-corrected chi connectivity index (χ1v) is 8.50. The molecule has 2 aromatic carbocycles. The number of hydrogen-bond donors (Lipinski definition) is 2. The second kappa shape index (κ2) is 10.4. The number of amides is 2. The highest BCUT2D eigenvalue weighted by Crippen LogP contribution is 2.17. The van der Waals surface area contributed by atoms with Crippen LogP contribution in [0.15, 0.2) is 54.6 Å². The summed E-state index contributed by atoms with van der Waals surface area (Å²) < 4.78 is 9.54. The number of hydrogen-bond acceptors (Lipinski definition) is 7. The van der Waals surface area contributed by atoms with E-state index >= 15 is 0 Å². The van der Waals surface area contributed by atoms with Gasteiger partial charge in [0.2, 0.25) is 5.91 Å². The van der Waals surface area contributed by atoms with Crippen molar-refractivity contribution in [3.05, 3.63) is 70.3 Å². The van der Waals surface area contributed by atoms with E-state index in [0.717, 1.165) is 5.56 Å².